The number of nitrogens with zero attached hydrogens (tertiary/aromatic N) is 2. The number of para-hydroxylation sites is 2. The Morgan fingerprint density at radius 3 is 1.34 bits per heavy atom. The Morgan fingerprint density at radius 2 is 0.809 bits per heavy atom. The lowest BCUT2D eigenvalue weighted by Gasteiger charge is -2.43. The molecule has 0 unspecified atom stereocenters. The fourth-order valence-corrected chi connectivity index (χ4v) is 18.8. The summed E-state index contributed by atoms with van der Waals surface area (Å²) in [7, 11) is 0. The molecular formula is C92H84N2. The first kappa shape index (κ1) is 57.4. The number of anilines is 3. The van der Waals surface area contributed by atoms with Crippen LogP contribution in [0.3, 0.4) is 0 Å². The van der Waals surface area contributed by atoms with Crippen molar-refractivity contribution in [3.05, 3.63) is 286 Å². The first-order valence-electron chi connectivity index (χ1n) is 35.2. The lowest BCUT2D eigenvalue weighted by Crippen LogP contribution is -2.33. The fraction of sp³-hybridized carbons (Fsp3) is 0.261. The Morgan fingerprint density at radius 1 is 0.362 bits per heavy atom. The van der Waals surface area contributed by atoms with Crippen LogP contribution in [0.2, 0.25) is 0 Å². The normalized spacial score (nSPS) is 18.4. The molecule has 2 heterocycles. The van der Waals surface area contributed by atoms with Gasteiger partial charge in [0.25, 0.3) is 0 Å². The molecule has 15 aromatic rings. The maximum absolute atomic E-state index is 2.67. The van der Waals surface area contributed by atoms with E-state index in [0.29, 0.717) is 5.92 Å². The summed E-state index contributed by atoms with van der Waals surface area (Å²) in [5, 5.41) is 19.3. The fourth-order valence-electron chi connectivity index (χ4n) is 18.8. The van der Waals surface area contributed by atoms with Crippen LogP contribution in [0.4, 0.5) is 17.1 Å². The maximum atomic E-state index is 2.67. The van der Waals surface area contributed by atoms with Crippen LogP contribution in [0.25, 0.3) is 92.1 Å². The van der Waals surface area contributed by atoms with E-state index < -0.39 is 0 Å². The lowest BCUT2D eigenvalue weighted by atomic mass is 9.61. The molecule has 94 heavy (non-hydrogen) atoms. The average Bonchev–Trinajstić information content (AvgIpc) is 0.901. The van der Waals surface area contributed by atoms with Gasteiger partial charge in [-0.25, -0.2) is 0 Å². The molecule has 2 aliphatic carbocycles. The summed E-state index contributed by atoms with van der Waals surface area (Å²) in [5.41, 5.74) is 21.3. The van der Waals surface area contributed by atoms with Gasteiger partial charge in [-0.2, -0.15) is 0 Å². The van der Waals surface area contributed by atoms with Crippen LogP contribution in [0.15, 0.2) is 231 Å². The average molecular weight is 1220 g/mol. The summed E-state index contributed by atoms with van der Waals surface area (Å²) in [4.78, 5) is 2.52. The Bertz CT molecular complexity index is 5440. The molecule has 0 atom stereocenters. The van der Waals surface area contributed by atoms with E-state index in [-0.39, 0.29) is 27.1 Å². The van der Waals surface area contributed by atoms with E-state index in [1.807, 2.05) is 0 Å². The number of hydrogen-bond acceptors (Lipinski definition) is 1. The molecule has 0 spiro atoms. The lowest BCUT2D eigenvalue weighted by molar-refractivity contribution is 0.317. The van der Waals surface area contributed by atoms with Gasteiger partial charge in [-0.3, -0.25) is 0 Å². The van der Waals surface area contributed by atoms with Crippen molar-refractivity contribution in [1.29, 1.82) is 0 Å². The first-order chi connectivity index (χ1) is 45.4. The number of aryl methyl sites for hydroxylation is 1. The van der Waals surface area contributed by atoms with Gasteiger partial charge in [0.1, 0.15) is 0 Å². The smallest absolute Gasteiger partial charge is 0.0541 e. The molecule has 2 heteroatoms. The zero-order valence-electron chi connectivity index (χ0n) is 56.3. The van der Waals surface area contributed by atoms with Gasteiger partial charge >= 0.3 is 0 Å². The van der Waals surface area contributed by atoms with Crippen LogP contribution in [-0.2, 0) is 27.1 Å². The maximum Gasteiger partial charge on any atom is 0.0541 e. The zero-order valence-corrected chi connectivity index (χ0v) is 56.3. The Labute approximate surface area is 554 Å². The molecule has 2 fully saturated rings. The van der Waals surface area contributed by atoms with E-state index in [1.165, 1.54) is 184 Å². The Kier molecular flexibility index (Phi) is 12.6. The zero-order chi connectivity index (χ0) is 63.8. The highest BCUT2D eigenvalue weighted by molar-refractivity contribution is 6.25. The third-order valence-corrected chi connectivity index (χ3v) is 23.9. The Hall–Kier alpha value is -9.24. The van der Waals surface area contributed by atoms with Crippen molar-refractivity contribution >= 4 is 104 Å². The van der Waals surface area contributed by atoms with E-state index >= 15 is 0 Å². The third-order valence-electron chi connectivity index (χ3n) is 23.9. The molecule has 18 rings (SSSR count). The van der Waals surface area contributed by atoms with Crippen molar-refractivity contribution in [2.45, 2.75) is 153 Å². The first-order valence-corrected chi connectivity index (χ1v) is 35.2. The highest BCUT2D eigenvalue weighted by Gasteiger charge is 2.43. The van der Waals surface area contributed by atoms with Crippen molar-refractivity contribution in [2.75, 3.05) is 4.90 Å². The van der Waals surface area contributed by atoms with E-state index in [4.69, 9.17) is 0 Å². The molecule has 14 aromatic carbocycles. The molecule has 462 valence electrons. The summed E-state index contributed by atoms with van der Waals surface area (Å²) in [6.07, 6.45) is 10.3. The number of fused-ring (bicyclic) bond motifs is 5. The van der Waals surface area contributed by atoms with E-state index in [2.05, 4.69) is 302 Å². The van der Waals surface area contributed by atoms with E-state index in [0.717, 1.165) is 38.5 Å². The summed E-state index contributed by atoms with van der Waals surface area (Å²) < 4.78 is 2.56. The summed E-state index contributed by atoms with van der Waals surface area (Å²) >= 11 is 0. The number of hydrogen-bond donors (Lipinski definition) is 0. The van der Waals surface area contributed by atoms with Crippen LogP contribution in [0.5, 0.6) is 0 Å². The van der Waals surface area contributed by atoms with Crippen LogP contribution >= 0.6 is 0 Å². The van der Waals surface area contributed by atoms with Crippen molar-refractivity contribution in [3.8, 4) is 5.69 Å². The van der Waals surface area contributed by atoms with Gasteiger partial charge in [0, 0.05) is 38.4 Å². The molecule has 0 saturated heterocycles. The molecule has 0 bridgehead atoms. The number of rotatable bonds is 7. The molecule has 0 amide bonds. The molecule has 2 nitrogen and oxygen atoms in total. The highest BCUT2D eigenvalue weighted by Crippen LogP contribution is 2.57. The highest BCUT2D eigenvalue weighted by atomic mass is 15.2. The van der Waals surface area contributed by atoms with Crippen molar-refractivity contribution in [1.82, 2.24) is 4.57 Å². The predicted octanol–water partition coefficient (Wildman–Crippen LogP) is 25.5. The summed E-state index contributed by atoms with van der Waals surface area (Å²) in [6, 6.07) is 91.8. The van der Waals surface area contributed by atoms with Crippen LogP contribution in [0, 0.1) is 6.92 Å². The predicted molar refractivity (Wildman–Crippen MR) is 402 cm³/mol. The van der Waals surface area contributed by atoms with E-state index in [1.54, 1.807) is 0 Å². The molecule has 1 aliphatic heterocycles. The Balaban J connectivity index is 0.773. The standard InChI is InChI=1S/C92H84N2/c1-57-21-35-70(36-22-57)93-80-43-31-61(55-74(80)75-56-67(34-44-81(75)93)91(47-15-10-16-48-91)76-41-29-59-23-25-62-51-68(88(2,3)4)53-64-27-39-72(76)86(59)84(62)64)58-45-49-92(50-46-58,77-42-30-60-24-26-63-52-69(89(5,6)7)54-65-28-40-73(77)87(60)85(63)65)66-32-37-71(38-33-66)94-82-19-13-11-17-78(82)90(8,9)79-18-12-14-20-83(79)94/h11-14,17-44,51-56,58H,10,15-16,45-50H2,1-9H3. The van der Waals surface area contributed by atoms with Gasteiger partial charge in [-0.05, 0) is 238 Å². The SMILES string of the molecule is Cc1ccc(-n2c3ccc(C4CCC(c5ccc(N6c7ccccc7C(C)(C)c7ccccc76)cc5)(c5ccc6ccc7cc(C(C)(C)C)cc8ccc5c6c78)CC4)cc3c3cc(C4(c5ccc6ccc7cc(C(C)(C)C)cc8ccc5c6c78)CCCCC4)ccc32)cc1. The van der Waals surface area contributed by atoms with Crippen LogP contribution in [0.1, 0.15) is 175 Å². The minimum Gasteiger partial charge on any atom is -0.310 e. The third kappa shape index (κ3) is 8.52. The van der Waals surface area contributed by atoms with Gasteiger partial charge < -0.3 is 9.47 Å². The largest absolute Gasteiger partial charge is 0.310 e. The van der Waals surface area contributed by atoms with Gasteiger partial charge in [0.15, 0.2) is 0 Å². The minimum absolute atomic E-state index is 0.0488. The van der Waals surface area contributed by atoms with Crippen LogP contribution < -0.4 is 4.90 Å². The summed E-state index contributed by atoms with van der Waals surface area (Å²) in [6.45, 7) is 21.0. The second-order valence-corrected chi connectivity index (χ2v) is 31.6. The topological polar surface area (TPSA) is 8.17 Å². The van der Waals surface area contributed by atoms with Gasteiger partial charge in [0.05, 0.1) is 22.4 Å². The van der Waals surface area contributed by atoms with E-state index in [9.17, 15) is 0 Å². The molecule has 0 N–H and O–H groups in total. The quantitative estimate of drug-likeness (QED) is 0.144. The van der Waals surface area contributed by atoms with Crippen molar-refractivity contribution in [3.63, 3.8) is 0 Å². The second kappa shape index (κ2) is 20.6. The van der Waals surface area contributed by atoms with Crippen LogP contribution in [-0.4, -0.2) is 4.57 Å². The van der Waals surface area contributed by atoms with Gasteiger partial charge in [0.2, 0.25) is 0 Å². The molecule has 0 radical (unpaired) electrons. The second-order valence-electron chi connectivity index (χ2n) is 31.6. The number of aromatic nitrogens is 1. The number of benzene rings is 14. The minimum atomic E-state index is -0.219. The van der Waals surface area contributed by atoms with Gasteiger partial charge in [-0.15, -0.1) is 0 Å². The molecule has 3 aliphatic rings. The molecular weight excluding hydrogens is 1130 g/mol. The molecule has 1 aromatic heterocycles. The van der Waals surface area contributed by atoms with Crippen molar-refractivity contribution in [2.24, 2.45) is 0 Å². The summed E-state index contributed by atoms with van der Waals surface area (Å²) in [5.74, 6) is 0.402. The monoisotopic (exact) mass is 1220 g/mol. The van der Waals surface area contributed by atoms with Crippen molar-refractivity contribution < 1.29 is 0 Å². The van der Waals surface area contributed by atoms with Gasteiger partial charge in [-0.1, -0.05) is 250 Å². The molecule has 2 saturated carbocycles.